The van der Waals surface area contributed by atoms with E-state index >= 15 is 0 Å². The highest BCUT2D eigenvalue weighted by Gasteiger charge is 2.24. The van der Waals surface area contributed by atoms with Crippen LogP contribution in [0.5, 0.6) is 0 Å². The SMILES string of the molecule is CC(C)CN(Cc1ccc(-c2ccc(CS(C)(=O)=O)nc2)s1)S(=O)(=O)Cc1ccccc1. The Balaban J connectivity index is 1.77. The van der Waals surface area contributed by atoms with Gasteiger partial charge in [-0.05, 0) is 29.7 Å². The lowest BCUT2D eigenvalue weighted by atomic mass is 10.2. The fraction of sp³-hybridized carbons (Fsp3) is 0.348. The molecule has 3 aromatic rings. The van der Waals surface area contributed by atoms with Crippen LogP contribution in [0.3, 0.4) is 0 Å². The van der Waals surface area contributed by atoms with E-state index in [-0.39, 0.29) is 17.4 Å². The molecule has 0 aliphatic heterocycles. The van der Waals surface area contributed by atoms with Crippen LogP contribution in [0, 0.1) is 5.92 Å². The number of sulfonamides is 1. The number of nitrogens with zero attached hydrogens (tertiary/aromatic N) is 2. The van der Waals surface area contributed by atoms with E-state index in [0.29, 0.717) is 18.8 Å². The van der Waals surface area contributed by atoms with Gasteiger partial charge in [-0.15, -0.1) is 11.3 Å². The molecule has 0 radical (unpaired) electrons. The molecule has 32 heavy (non-hydrogen) atoms. The van der Waals surface area contributed by atoms with Crippen LogP contribution in [-0.2, 0) is 37.9 Å². The molecule has 1 aromatic carbocycles. The smallest absolute Gasteiger partial charge is 0.218 e. The summed E-state index contributed by atoms with van der Waals surface area (Å²) < 4.78 is 50.7. The van der Waals surface area contributed by atoms with Gasteiger partial charge in [-0.2, -0.15) is 4.31 Å². The topological polar surface area (TPSA) is 84.4 Å². The monoisotopic (exact) mass is 492 g/mol. The van der Waals surface area contributed by atoms with Crippen molar-refractivity contribution in [3.8, 4) is 10.4 Å². The molecule has 0 atom stereocenters. The molecule has 0 saturated carbocycles. The average Bonchev–Trinajstić information content (AvgIpc) is 3.15. The van der Waals surface area contributed by atoms with Crippen molar-refractivity contribution in [2.45, 2.75) is 31.9 Å². The molecule has 0 saturated heterocycles. The van der Waals surface area contributed by atoms with E-state index in [1.165, 1.54) is 17.6 Å². The second-order valence-corrected chi connectivity index (χ2v) is 13.6. The highest BCUT2D eigenvalue weighted by atomic mass is 32.2. The van der Waals surface area contributed by atoms with Crippen molar-refractivity contribution in [2.24, 2.45) is 5.92 Å². The Bertz CT molecular complexity index is 1230. The Morgan fingerprint density at radius 2 is 1.66 bits per heavy atom. The first-order chi connectivity index (χ1) is 15.0. The van der Waals surface area contributed by atoms with Crippen molar-refractivity contribution in [1.29, 1.82) is 0 Å². The van der Waals surface area contributed by atoms with E-state index in [4.69, 9.17) is 0 Å². The zero-order valence-corrected chi connectivity index (χ0v) is 20.9. The fourth-order valence-electron chi connectivity index (χ4n) is 3.28. The van der Waals surface area contributed by atoms with E-state index in [1.54, 1.807) is 16.6 Å². The van der Waals surface area contributed by atoms with Gasteiger partial charge >= 0.3 is 0 Å². The first kappa shape index (κ1) is 24.6. The van der Waals surface area contributed by atoms with Gasteiger partial charge < -0.3 is 0 Å². The third kappa shape index (κ3) is 7.23. The Labute approximate surface area is 194 Å². The van der Waals surface area contributed by atoms with Crippen LogP contribution in [0.4, 0.5) is 0 Å². The van der Waals surface area contributed by atoms with Crippen molar-refractivity contribution < 1.29 is 16.8 Å². The predicted molar refractivity (Wildman–Crippen MR) is 130 cm³/mol. The largest absolute Gasteiger partial charge is 0.260 e. The van der Waals surface area contributed by atoms with Gasteiger partial charge in [0.25, 0.3) is 0 Å². The lowest BCUT2D eigenvalue weighted by Gasteiger charge is -2.23. The molecular formula is C23H28N2O4S3. The van der Waals surface area contributed by atoms with Crippen LogP contribution >= 0.6 is 11.3 Å². The van der Waals surface area contributed by atoms with Crippen LogP contribution in [0.15, 0.2) is 60.8 Å². The first-order valence-electron chi connectivity index (χ1n) is 10.3. The summed E-state index contributed by atoms with van der Waals surface area (Å²) in [7, 11) is -6.61. The van der Waals surface area contributed by atoms with Gasteiger partial charge in [0, 0.05) is 40.9 Å². The lowest BCUT2D eigenvalue weighted by molar-refractivity contribution is 0.364. The van der Waals surface area contributed by atoms with Gasteiger partial charge in [-0.25, -0.2) is 16.8 Å². The van der Waals surface area contributed by atoms with E-state index in [9.17, 15) is 16.8 Å². The second-order valence-electron chi connectivity index (χ2n) is 8.30. The molecule has 0 spiro atoms. The summed E-state index contributed by atoms with van der Waals surface area (Å²) in [4.78, 5) is 6.16. The number of hydrogen-bond acceptors (Lipinski definition) is 6. The molecule has 0 unspecified atom stereocenters. The van der Waals surface area contributed by atoms with Crippen molar-refractivity contribution >= 4 is 31.2 Å². The van der Waals surface area contributed by atoms with Crippen LogP contribution in [0.2, 0.25) is 0 Å². The number of sulfone groups is 1. The molecule has 0 N–H and O–H groups in total. The molecule has 0 aliphatic carbocycles. The zero-order chi connectivity index (χ0) is 23.4. The average molecular weight is 493 g/mol. The van der Waals surface area contributed by atoms with E-state index < -0.39 is 19.9 Å². The van der Waals surface area contributed by atoms with Crippen LogP contribution in [0.25, 0.3) is 10.4 Å². The summed E-state index contributed by atoms with van der Waals surface area (Å²) in [6.45, 7) is 4.78. The maximum atomic E-state index is 13.1. The third-order valence-corrected chi connectivity index (χ3v) is 8.37. The number of hydrogen-bond donors (Lipinski definition) is 0. The Hall–Kier alpha value is -2.07. The maximum absolute atomic E-state index is 13.1. The molecule has 0 bridgehead atoms. The van der Waals surface area contributed by atoms with Crippen molar-refractivity contribution in [1.82, 2.24) is 9.29 Å². The Morgan fingerprint density at radius 3 is 2.25 bits per heavy atom. The molecule has 0 aliphatic rings. The molecule has 0 fully saturated rings. The summed E-state index contributed by atoms with van der Waals surface area (Å²) in [5, 5.41) is 0. The highest BCUT2D eigenvalue weighted by Crippen LogP contribution is 2.29. The minimum absolute atomic E-state index is 0.0233. The number of thiophene rings is 1. The highest BCUT2D eigenvalue weighted by molar-refractivity contribution is 7.89. The molecule has 2 heterocycles. The lowest BCUT2D eigenvalue weighted by Crippen LogP contribution is -2.34. The molecule has 9 heteroatoms. The van der Waals surface area contributed by atoms with Crippen molar-refractivity contribution in [3.63, 3.8) is 0 Å². The minimum atomic E-state index is -3.48. The number of pyridine rings is 1. The predicted octanol–water partition coefficient (Wildman–Crippen LogP) is 4.34. The van der Waals surface area contributed by atoms with E-state index in [2.05, 4.69) is 4.98 Å². The summed E-state index contributed by atoms with van der Waals surface area (Å²) in [6.07, 6.45) is 2.84. The second kappa shape index (κ2) is 10.2. The maximum Gasteiger partial charge on any atom is 0.218 e. The minimum Gasteiger partial charge on any atom is -0.260 e. The molecule has 0 amide bonds. The van der Waals surface area contributed by atoms with Crippen molar-refractivity contribution in [3.05, 3.63) is 76.9 Å². The molecule has 6 nitrogen and oxygen atoms in total. The number of rotatable bonds is 10. The van der Waals surface area contributed by atoms with Gasteiger partial charge in [-0.3, -0.25) is 4.98 Å². The molecule has 3 rings (SSSR count). The Kier molecular flexibility index (Phi) is 7.87. The van der Waals surface area contributed by atoms with Crippen LogP contribution in [0.1, 0.15) is 30.0 Å². The standard InChI is InChI=1S/C23H28N2O4S3/c1-18(2)14-25(32(28,29)16-19-7-5-4-6-8-19)15-22-11-12-23(30-22)20-9-10-21(24-13-20)17-31(3,26)27/h4-13,18H,14-17H2,1-3H3. The molecular weight excluding hydrogens is 464 g/mol. The first-order valence-corrected chi connectivity index (χ1v) is 14.7. The van der Waals surface area contributed by atoms with E-state index in [0.717, 1.165) is 20.9 Å². The van der Waals surface area contributed by atoms with Crippen molar-refractivity contribution in [2.75, 3.05) is 12.8 Å². The van der Waals surface area contributed by atoms with E-state index in [1.807, 2.05) is 62.4 Å². The quantitative estimate of drug-likeness (QED) is 0.420. The van der Waals surface area contributed by atoms with Crippen LogP contribution < -0.4 is 0 Å². The summed E-state index contributed by atoms with van der Waals surface area (Å²) in [6, 6.07) is 16.7. The Morgan fingerprint density at radius 1 is 0.938 bits per heavy atom. The summed E-state index contributed by atoms with van der Waals surface area (Å²) in [5.41, 5.74) is 2.15. The van der Waals surface area contributed by atoms with Gasteiger partial charge in [0.1, 0.15) is 0 Å². The third-order valence-electron chi connectivity index (χ3n) is 4.67. The normalized spacial score (nSPS) is 12.5. The summed E-state index contributed by atoms with van der Waals surface area (Å²) in [5.74, 6) is 0.0864. The van der Waals surface area contributed by atoms with Gasteiger partial charge in [-0.1, -0.05) is 50.2 Å². The molecule has 172 valence electrons. The zero-order valence-electron chi connectivity index (χ0n) is 18.4. The molecule has 2 aromatic heterocycles. The number of aromatic nitrogens is 1. The van der Waals surface area contributed by atoms with Gasteiger partial charge in [0.2, 0.25) is 10.0 Å². The van der Waals surface area contributed by atoms with Crippen LogP contribution in [-0.4, -0.2) is 38.9 Å². The van der Waals surface area contributed by atoms with Gasteiger partial charge in [0.05, 0.1) is 17.2 Å². The number of benzene rings is 1. The summed E-state index contributed by atoms with van der Waals surface area (Å²) >= 11 is 1.52. The fourth-order valence-corrected chi connectivity index (χ4v) is 6.74. The van der Waals surface area contributed by atoms with Gasteiger partial charge in [0.15, 0.2) is 9.84 Å².